The van der Waals surface area contributed by atoms with Crippen molar-refractivity contribution in [2.75, 3.05) is 0 Å². The highest BCUT2D eigenvalue weighted by Crippen LogP contribution is 2.36. The molecule has 0 spiro atoms. The highest BCUT2D eigenvalue weighted by molar-refractivity contribution is 7.90. The molecule has 0 aromatic rings. The molecule has 0 aliphatic carbocycles. The minimum Gasteiger partial charge on any atom is -0.244 e. The van der Waals surface area contributed by atoms with E-state index in [-0.39, 0.29) is 5.66 Å². The van der Waals surface area contributed by atoms with Crippen LogP contribution in [0, 0.1) is 0 Å². The number of unbranched alkanes of at least 4 members (excludes halogenated alkanes) is 2. The summed E-state index contributed by atoms with van der Waals surface area (Å²) in [6.07, 6.45) is 5.12. The number of hydrogen-bond acceptors (Lipinski definition) is 3. The molecule has 0 aliphatic heterocycles. The monoisotopic (exact) mass is 308 g/mol. The van der Waals surface area contributed by atoms with Crippen molar-refractivity contribution < 1.29 is 25.6 Å². The van der Waals surface area contributed by atoms with Gasteiger partial charge < -0.3 is 0 Å². The average Bonchev–Trinajstić information content (AvgIpc) is 2.24. The second kappa shape index (κ2) is 8.33. The van der Waals surface area contributed by atoms with E-state index in [1.165, 1.54) is 0 Å². The molecule has 0 heterocycles. The Balaban J connectivity index is 4.26. The van der Waals surface area contributed by atoms with Gasteiger partial charge >= 0.3 is 15.6 Å². The smallest absolute Gasteiger partial charge is 0.244 e. The summed E-state index contributed by atoms with van der Waals surface area (Å²) in [6, 6.07) is 0. The van der Waals surface area contributed by atoms with Crippen LogP contribution in [0.2, 0.25) is 0 Å². The zero-order valence-corrected chi connectivity index (χ0v) is 12.4. The van der Waals surface area contributed by atoms with Crippen molar-refractivity contribution in [3.63, 3.8) is 0 Å². The van der Waals surface area contributed by atoms with E-state index >= 15 is 0 Å². The molecule has 18 heavy (non-hydrogen) atoms. The molecule has 0 bridgehead atoms. The van der Waals surface area contributed by atoms with Crippen LogP contribution in [0.1, 0.15) is 52.4 Å². The third-order valence-corrected chi connectivity index (χ3v) is 5.14. The summed E-state index contributed by atoms with van der Waals surface area (Å²) in [7, 11) is -6.07. The Morgan fingerprint density at radius 3 is 2.17 bits per heavy atom. The van der Waals surface area contributed by atoms with Gasteiger partial charge in [0.05, 0.1) is 0 Å². The molecule has 0 rings (SSSR count). The van der Waals surface area contributed by atoms with Crippen LogP contribution in [0.3, 0.4) is 0 Å². The second-order valence-electron chi connectivity index (χ2n) is 4.08. The van der Waals surface area contributed by atoms with Gasteiger partial charge in [-0.1, -0.05) is 39.5 Å². The Hall–Kier alpha value is 0.130. The van der Waals surface area contributed by atoms with Gasteiger partial charge in [-0.15, -0.1) is 0 Å². The number of halogens is 3. The molecule has 0 saturated carbocycles. The summed E-state index contributed by atoms with van der Waals surface area (Å²) in [4.78, 5) is 0. The first-order chi connectivity index (χ1) is 8.24. The molecule has 2 unspecified atom stereocenters. The first-order valence-corrected chi connectivity index (χ1v) is 8.39. The lowest BCUT2D eigenvalue weighted by atomic mass is 10.1. The van der Waals surface area contributed by atoms with Crippen LogP contribution < -0.4 is 0 Å². The van der Waals surface area contributed by atoms with Crippen LogP contribution in [0.5, 0.6) is 0 Å². The molecule has 3 nitrogen and oxygen atoms in total. The Labute approximate surface area is 108 Å². The van der Waals surface area contributed by atoms with Gasteiger partial charge in [0.1, 0.15) is 0 Å². The summed E-state index contributed by atoms with van der Waals surface area (Å²) >= 11 is 0. The van der Waals surface area contributed by atoms with Crippen molar-refractivity contribution in [2.45, 2.75) is 63.5 Å². The lowest BCUT2D eigenvalue weighted by Crippen LogP contribution is -2.23. The zero-order valence-electron chi connectivity index (χ0n) is 10.6. The number of rotatable bonds is 9. The first-order valence-electron chi connectivity index (χ1n) is 5.99. The van der Waals surface area contributed by atoms with Gasteiger partial charge in [0, 0.05) is 14.5 Å². The minimum absolute atomic E-state index is 0.0984. The fourth-order valence-corrected chi connectivity index (χ4v) is 3.59. The Bertz CT molecular complexity index is 317. The molecule has 0 N–H and O–H groups in total. The molecule has 0 radical (unpaired) electrons. The van der Waals surface area contributed by atoms with Gasteiger partial charge in [-0.05, 0) is 12.8 Å². The lowest BCUT2D eigenvalue weighted by Gasteiger charge is -2.16. The maximum atomic E-state index is 12.1. The molecule has 0 fully saturated rings. The Morgan fingerprint density at radius 1 is 1.11 bits per heavy atom. The molecule has 110 valence electrons. The third-order valence-electron chi connectivity index (χ3n) is 2.40. The van der Waals surface area contributed by atoms with E-state index in [0.717, 1.165) is 25.7 Å². The fourth-order valence-electron chi connectivity index (χ4n) is 1.43. The van der Waals surface area contributed by atoms with Crippen LogP contribution >= 0.6 is 8.81 Å². The maximum Gasteiger partial charge on any atom is 0.523 e. The van der Waals surface area contributed by atoms with E-state index in [4.69, 9.17) is 0 Å². The predicted octanol–water partition coefficient (Wildman–Crippen LogP) is 4.20. The molecule has 0 aromatic carbocycles. The summed E-state index contributed by atoms with van der Waals surface area (Å²) in [5.41, 5.74) is -5.42. The average molecular weight is 308 g/mol. The van der Waals surface area contributed by atoms with Gasteiger partial charge in [0.2, 0.25) is 0 Å². The van der Waals surface area contributed by atoms with Gasteiger partial charge in [-0.3, -0.25) is 0 Å². The minimum atomic E-state index is -5.43. The van der Waals surface area contributed by atoms with Gasteiger partial charge in [0.15, 0.2) is 0 Å². The molecule has 8 heteroatoms. The molecular weight excluding hydrogens is 288 g/mol. The lowest BCUT2D eigenvalue weighted by molar-refractivity contribution is -0.0495. The van der Waals surface area contributed by atoms with Crippen LogP contribution in [0.25, 0.3) is 0 Å². The van der Waals surface area contributed by atoms with Gasteiger partial charge in [-0.2, -0.15) is 21.6 Å². The molecular formula is C10H20F3O3PS. The quantitative estimate of drug-likeness (QED) is 0.364. The standard InChI is InChI=1S/C10H20F3O3PS/c1-3-5-6-8-9(7-4-2)17-16-18(14,15)10(11,12)13/h9,17H,3-8H2,1-2H3. The normalized spacial score (nSPS) is 15.4. The third kappa shape index (κ3) is 6.90. The van der Waals surface area contributed by atoms with E-state index < -0.39 is 24.4 Å². The van der Waals surface area contributed by atoms with Crippen molar-refractivity contribution in [3.05, 3.63) is 0 Å². The van der Waals surface area contributed by atoms with E-state index in [2.05, 4.69) is 3.97 Å². The second-order valence-corrected chi connectivity index (χ2v) is 7.17. The number of hydrogen-bond donors (Lipinski definition) is 0. The van der Waals surface area contributed by atoms with Gasteiger partial charge in [0.25, 0.3) is 0 Å². The topological polar surface area (TPSA) is 43.4 Å². The summed E-state index contributed by atoms with van der Waals surface area (Å²) in [6.45, 7) is 3.94. The van der Waals surface area contributed by atoms with Crippen molar-refractivity contribution in [2.24, 2.45) is 0 Å². The fraction of sp³-hybridized carbons (Fsp3) is 1.00. The Kier molecular flexibility index (Phi) is 8.39. The van der Waals surface area contributed by atoms with E-state index in [1.807, 2.05) is 13.8 Å². The summed E-state index contributed by atoms with van der Waals surface area (Å²) in [5, 5.41) is 0. The van der Waals surface area contributed by atoms with Crippen LogP contribution in [0.4, 0.5) is 13.2 Å². The highest BCUT2D eigenvalue weighted by atomic mass is 32.2. The van der Waals surface area contributed by atoms with Crippen molar-refractivity contribution in [1.82, 2.24) is 0 Å². The Morgan fingerprint density at radius 2 is 1.72 bits per heavy atom. The predicted molar refractivity (Wildman–Crippen MR) is 67.2 cm³/mol. The van der Waals surface area contributed by atoms with Crippen molar-refractivity contribution in [3.8, 4) is 0 Å². The van der Waals surface area contributed by atoms with Crippen molar-refractivity contribution in [1.29, 1.82) is 0 Å². The molecule has 2 atom stereocenters. The van der Waals surface area contributed by atoms with Gasteiger partial charge in [-0.25, -0.2) is 3.97 Å². The van der Waals surface area contributed by atoms with Crippen LogP contribution in [0.15, 0.2) is 0 Å². The van der Waals surface area contributed by atoms with E-state index in [9.17, 15) is 21.6 Å². The maximum absolute atomic E-state index is 12.1. The SMILES string of the molecule is CCCCCC(CCC)POS(=O)(=O)C(F)(F)F. The van der Waals surface area contributed by atoms with Crippen LogP contribution in [-0.4, -0.2) is 19.6 Å². The largest absolute Gasteiger partial charge is 0.523 e. The summed E-state index contributed by atoms with van der Waals surface area (Å²) in [5.74, 6) is 0. The van der Waals surface area contributed by atoms with E-state index in [0.29, 0.717) is 12.8 Å². The zero-order chi connectivity index (χ0) is 14.2. The number of alkyl halides is 3. The highest BCUT2D eigenvalue weighted by Gasteiger charge is 2.47. The van der Waals surface area contributed by atoms with Crippen LogP contribution in [-0.2, 0) is 14.1 Å². The summed E-state index contributed by atoms with van der Waals surface area (Å²) < 4.78 is 61.8. The molecule has 0 aliphatic rings. The first kappa shape index (κ1) is 18.1. The molecule has 0 saturated heterocycles. The molecule has 0 aromatic heterocycles. The van der Waals surface area contributed by atoms with Crippen molar-refractivity contribution >= 4 is 18.9 Å². The van der Waals surface area contributed by atoms with E-state index in [1.54, 1.807) is 0 Å². The molecule has 0 amide bonds.